The van der Waals surface area contributed by atoms with Crippen molar-refractivity contribution < 1.29 is 24.2 Å². The summed E-state index contributed by atoms with van der Waals surface area (Å²) in [5.74, 6) is -1.06. The highest BCUT2D eigenvalue weighted by atomic mass is 35.5. The molecule has 2 aromatic carbocycles. The summed E-state index contributed by atoms with van der Waals surface area (Å²) in [5, 5.41) is 19.5. The number of hydrogen-bond donors (Lipinski definition) is 4. The number of carbonyl (C=O) groups excluding carboxylic acids is 2. The van der Waals surface area contributed by atoms with Crippen LogP contribution in [0.5, 0.6) is 0 Å². The Labute approximate surface area is 211 Å². The first-order valence-corrected chi connectivity index (χ1v) is 11.4. The number of nitrogens with two attached hydrogens (primary N) is 1. The lowest BCUT2D eigenvalue weighted by atomic mass is 9.94. The quantitative estimate of drug-likeness (QED) is 0.352. The average molecular weight is 522 g/mol. The molecule has 0 radical (unpaired) electrons. The molecule has 0 aliphatic rings. The second kappa shape index (κ2) is 10.4. The van der Waals surface area contributed by atoms with Gasteiger partial charge in [0, 0.05) is 17.6 Å². The SMILES string of the molecule is CC(C)(C)OC(=O)NCCC(C(=O)Nc1ccc2c(c1)c(N)nn2C(=O)O)c1ccc(Cl)c(Cl)c1. The van der Waals surface area contributed by atoms with E-state index >= 15 is 0 Å². The number of nitrogen functional groups attached to an aromatic ring is 1. The number of benzene rings is 2. The molecule has 0 bridgehead atoms. The molecule has 1 atom stereocenters. The number of ether oxygens (including phenoxy) is 1. The van der Waals surface area contributed by atoms with E-state index in [-0.39, 0.29) is 35.2 Å². The molecule has 1 unspecified atom stereocenters. The number of aromatic nitrogens is 2. The lowest BCUT2D eigenvalue weighted by molar-refractivity contribution is -0.117. The largest absolute Gasteiger partial charge is 0.463 e. The Bertz CT molecular complexity index is 1290. The molecule has 3 aromatic rings. The van der Waals surface area contributed by atoms with E-state index in [4.69, 9.17) is 33.7 Å². The van der Waals surface area contributed by atoms with E-state index in [1.807, 2.05) is 0 Å². The number of carbonyl (C=O) groups is 3. The van der Waals surface area contributed by atoms with Crippen LogP contribution in [0.3, 0.4) is 0 Å². The van der Waals surface area contributed by atoms with E-state index in [0.717, 1.165) is 4.68 Å². The molecule has 1 heterocycles. The lowest BCUT2D eigenvalue weighted by Gasteiger charge is -2.21. The molecule has 12 heteroatoms. The van der Waals surface area contributed by atoms with Gasteiger partial charge in [-0.3, -0.25) is 4.79 Å². The standard InChI is InChI=1S/C23H25Cl2N5O5/c1-23(2,3)35-21(32)27-9-8-14(12-4-6-16(24)17(25)10-12)20(31)28-13-5-7-18-15(11-13)19(26)29-30(18)22(33)34/h4-7,10-11,14H,8-9H2,1-3H3,(H2,26,29)(H,27,32)(H,28,31)(H,33,34). The minimum Gasteiger partial charge on any atom is -0.463 e. The highest BCUT2D eigenvalue weighted by Crippen LogP contribution is 2.30. The van der Waals surface area contributed by atoms with E-state index in [1.54, 1.807) is 51.1 Å². The first-order chi connectivity index (χ1) is 16.4. The third-order valence-electron chi connectivity index (χ3n) is 4.92. The number of hydrogen-bond acceptors (Lipinski definition) is 6. The molecule has 0 saturated carbocycles. The Morgan fingerprint density at radius 3 is 2.49 bits per heavy atom. The first-order valence-electron chi connectivity index (χ1n) is 10.6. The van der Waals surface area contributed by atoms with Crippen LogP contribution in [0.4, 0.5) is 21.1 Å². The average Bonchev–Trinajstić information content (AvgIpc) is 3.08. The number of halogens is 2. The van der Waals surface area contributed by atoms with Gasteiger partial charge in [-0.2, -0.15) is 4.68 Å². The predicted octanol–water partition coefficient (Wildman–Crippen LogP) is 5.09. The number of anilines is 2. The van der Waals surface area contributed by atoms with Crippen LogP contribution >= 0.6 is 23.2 Å². The zero-order chi connectivity index (χ0) is 25.9. The van der Waals surface area contributed by atoms with Crippen molar-refractivity contribution in [1.82, 2.24) is 15.1 Å². The third kappa shape index (κ3) is 6.55. The van der Waals surface area contributed by atoms with Crippen LogP contribution in [0.2, 0.25) is 10.0 Å². The van der Waals surface area contributed by atoms with Gasteiger partial charge in [-0.25, -0.2) is 9.59 Å². The number of alkyl carbamates (subject to hydrolysis) is 1. The van der Waals surface area contributed by atoms with Gasteiger partial charge in [0.2, 0.25) is 5.91 Å². The van der Waals surface area contributed by atoms with Gasteiger partial charge in [0.25, 0.3) is 0 Å². The fourth-order valence-corrected chi connectivity index (χ4v) is 3.71. The summed E-state index contributed by atoms with van der Waals surface area (Å²) in [7, 11) is 0. The molecular weight excluding hydrogens is 497 g/mol. The smallest absolute Gasteiger partial charge is 0.432 e. The van der Waals surface area contributed by atoms with E-state index in [2.05, 4.69) is 15.7 Å². The number of rotatable bonds is 6. The molecule has 1 aromatic heterocycles. The van der Waals surface area contributed by atoms with Crippen LogP contribution in [-0.4, -0.2) is 45.1 Å². The topological polar surface area (TPSA) is 149 Å². The maximum absolute atomic E-state index is 13.3. The van der Waals surface area contributed by atoms with Crippen LogP contribution in [0.1, 0.15) is 38.7 Å². The zero-order valence-electron chi connectivity index (χ0n) is 19.3. The lowest BCUT2D eigenvalue weighted by Crippen LogP contribution is -2.34. The summed E-state index contributed by atoms with van der Waals surface area (Å²) in [4.78, 5) is 36.6. The Morgan fingerprint density at radius 2 is 1.86 bits per heavy atom. The molecule has 0 fully saturated rings. The van der Waals surface area contributed by atoms with Gasteiger partial charge < -0.3 is 26.2 Å². The van der Waals surface area contributed by atoms with Crippen molar-refractivity contribution in [3.63, 3.8) is 0 Å². The van der Waals surface area contributed by atoms with Gasteiger partial charge in [-0.15, -0.1) is 5.10 Å². The molecule has 35 heavy (non-hydrogen) atoms. The Hall–Kier alpha value is -3.50. The normalized spacial score (nSPS) is 12.3. The van der Waals surface area contributed by atoms with Crippen LogP contribution in [0.15, 0.2) is 36.4 Å². The summed E-state index contributed by atoms with van der Waals surface area (Å²) in [5.41, 5.74) is 6.47. The second-order valence-corrected chi connectivity index (χ2v) is 9.56. The molecule has 0 saturated heterocycles. The van der Waals surface area contributed by atoms with E-state index < -0.39 is 23.7 Å². The van der Waals surface area contributed by atoms with Gasteiger partial charge in [0.1, 0.15) is 5.60 Å². The molecule has 3 rings (SSSR count). The Balaban J connectivity index is 1.82. The van der Waals surface area contributed by atoms with E-state index in [0.29, 0.717) is 21.7 Å². The van der Waals surface area contributed by atoms with Crippen LogP contribution in [0, 0.1) is 0 Å². The molecule has 186 valence electrons. The second-order valence-electron chi connectivity index (χ2n) is 8.74. The fraction of sp³-hybridized carbons (Fsp3) is 0.304. The van der Waals surface area contributed by atoms with Gasteiger partial charge in [-0.1, -0.05) is 29.3 Å². The molecule has 5 N–H and O–H groups in total. The van der Waals surface area contributed by atoms with E-state index in [9.17, 15) is 19.5 Å². The zero-order valence-corrected chi connectivity index (χ0v) is 20.8. The van der Waals surface area contributed by atoms with Gasteiger partial charge in [0.05, 0.1) is 21.5 Å². The molecule has 0 aliphatic heterocycles. The summed E-state index contributed by atoms with van der Waals surface area (Å²) in [6.45, 7) is 5.41. The number of fused-ring (bicyclic) bond motifs is 1. The first kappa shape index (κ1) is 26.1. The van der Waals surface area contributed by atoms with Crippen molar-refractivity contribution >= 4 is 63.7 Å². The van der Waals surface area contributed by atoms with Crippen LogP contribution in [-0.2, 0) is 9.53 Å². The number of carboxylic acid groups (broad SMARTS) is 1. The highest BCUT2D eigenvalue weighted by Gasteiger charge is 2.23. The minimum absolute atomic E-state index is 0.0149. The van der Waals surface area contributed by atoms with Crippen molar-refractivity contribution in [3.05, 3.63) is 52.0 Å². The van der Waals surface area contributed by atoms with Crippen molar-refractivity contribution in [2.24, 2.45) is 0 Å². The summed E-state index contributed by atoms with van der Waals surface area (Å²) < 4.78 is 6.00. The van der Waals surface area contributed by atoms with Crippen molar-refractivity contribution in [1.29, 1.82) is 0 Å². The minimum atomic E-state index is -1.28. The van der Waals surface area contributed by atoms with Crippen LogP contribution in [0.25, 0.3) is 10.9 Å². The number of amides is 2. The van der Waals surface area contributed by atoms with E-state index in [1.165, 1.54) is 6.07 Å². The van der Waals surface area contributed by atoms with Gasteiger partial charge in [0.15, 0.2) is 5.82 Å². The molecule has 0 spiro atoms. The summed E-state index contributed by atoms with van der Waals surface area (Å²) in [6, 6.07) is 9.46. The van der Waals surface area contributed by atoms with Gasteiger partial charge in [-0.05, 0) is 63.1 Å². The Kier molecular flexibility index (Phi) is 7.76. The predicted molar refractivity (Wildman–Crippen MR) is 134 cm³/mol. The van der Waals surface area contributed by atoms with Crippen molar-refractivity contribution in [2.45, 2.75) is 38.7 Å². The maximum Gasteiger partial charge on any atom is 0.432 e. The molecule has 10 nitrogen and oxygen atoms in total. The summed E-state index contributed by atoms with van der Waals surface area (Å²) in [6.07, 6.45) is -1.63. The molecule has 0 aliphatic carbocycles. The number of nitrogens with one attached hydrogen (secondary N) is 2. The molecular formula is C23H25Cl2N5O5. The number of nitrogens with zero attached hydrogens (tertiary/aromatic N) is 2. The third-order valence-corrected chi connectivity index (χ3v) is 5.66. The Morgan fingerprint density at radius 1 is 1.14 bits per heavy atom. The fourth-order valence-electron chi connectivity index (χ4n) is 3.41. The highest BCUT2D eigenvalue weighted by molar-refractivity contribution is 6.42. The van der Waals surface area contributed by atoms with Gasteiger partial charge >= 0.3 is 12.2 Å². The maximum atomic E-state index is 13.3. The van der Waals surface area contributed by atoms with Crippen LogP contribution < -0.4 is 16.4 Å². The monoisotopic (exact) mass is 521 g/mol. The molecule has 2 amide bonds. The van der Waals surface area contributed by atoms with Crippen molar-refractivity contribution in [3.8, 4) is 0 Å². The van der Waals surface area contributed by atoms with Crippen molar-refractivity contribution in [2.75, 3.05) is 17.6 Å². The summed E-state index contributed by atoms with van der Waals surface area (Å²) >= 11 is 12.2.